The zero-order chi connectivity index (χ0) is 8.27. The van der Waals surface area contributed by atoms with Crippen molar-refractivity contribution in [1.82, 2.24) is 0 Å². The van der Waals surface area contributed by atoms with E-state index in [2.05, 4.69) is 26.0 Å². The van der Waals surface area contributed by atoms with Crippen molar-refractivity contribution in [2.45, 2.75) is 39.2 Å². The molecule has 1 atom stereocenters. The second-order valence-corrected chi connectivity index (χ2v) is 3.21. The van der Waals surface area contributed by atoms with E-state index in [1.165, 1.54) is 24.0 Å². The quantitative estimate of drug-likeness (QED) is 0.612. The zero-order valence-corrected chi connectivity index (χ0v) is 7.43. The van der Waals surface area contributed by atoms with Crippen molar-refractivity contribution >= 4 is 0 Å². The smallest absolute Gasteiger partial charge is 0.0256 e. The standard InChI is InChI=1S/C10H17N/c1-3-5-9-6-4-7-10(11)8(9)2/h3,5,10H,4,6-7,11H2,1-2H3/b5-3-. The van der Waals surface area contributed by atoms with E-state index in [0.29, 0.717) is 6.04 Å². The highest BCUT2D eigenvalue weighted by atomic mass is 14.6. The molecule has 0 aromatic rings. The fraction of sp³-hybridized carbons (Fsp3) is 0.600. The third kappa shape index (κ3) is 1.93. The van der Waals surface area contributed by atoms with E-state index >= 15 is 0 Å². The van der Waals surface area contributed by atoms with E-state index in [9.17, 15) is 0 Å². The van der Waals surface area contributed by atoms with Gasteiger partial charge in [0.05, 0.1) is 0 Å². The van der Waals surface area contributed by atoms with Crippen LogP contribution in [0.5, 0.6) is 0 Å². The Morgan fingerprint density at radius 1 is 1.55 bits per heavy atom. The summed E-state index contributed by atoms with van der Waals surface area (Å²) in [6, 6.07) is 0.315. The van der Waals surface area contributed by atoms with Crippen LogP contribution in [0.25, 0.3) is 0 Å². The first-order valence-electron chi connectivity index (χ1n) is 4.33. The molecule has 0 heterocycles. The highest BCUT2D eigenvalue weighted by Gasteiger charge is 2.13. The molecule has 0 bridgehead atoms. The van der Waals surface area contributed by atoms with Crippen molar-refractivity contribution in [2.75, 3.05) is 0 Å². The summed E-state index contributed by atoms with van der Waals surface area (Å²) in [5.74, 6) is 0. The van der Waals surface area contributed by atoms with Gasteiger partial charge in [0, 0.05) is 6.04 Å². The van der Waals surface area contributed by atoms with E-state index in [1.54, 1.807) is 0 Å². The normalized spacial score (nSPS) is 26.6. The molecule has 0 fully saturated rings. The highest BCUT2D eigenvalue weighted by Crippen LogP contribution is 2.24. The molecule has 62 valence electrons. The summed E-state index contributed by atoms with van der Waals surface area (Å²) in [6.45, 7) is 4.21. The molecule has 0 spiro atoms. The molecule has 1 nitrogen and oxygen atoms in total. The predicted molar refractivity (Wildman–Crippen MR) is 49.3 cm³/mol. The fourth-order valence-electron chi connectivity index (χ4n) is 1.58. The van der Waals surface area contributed by atoms with Crippen LogP contribution in [0.2, 0.25) is 0 Å². The second-order valence-electron chi connectivity index (χ2n) is 3.21. The fourth-order valence-corrected chi connectivity index (χ4v) is 1.58. The van der Waals surface area contributed by atoms with E-state index in [1.807, 2.05) is 0 Å². The number of nitrogens with two attached hydrogens (primary N) is 1. The maximum absolute atomic E-state index is 5.91. The van der Waals surface area contributed by atoms with Crippen LogP contribution in [0, 0.1) is 0 Å². The van der Waals surface area contributed by atoms with E-state index in [0.717, 1.165) is 6.42 Å². The molecule has 1 unspecified atom stereocenters. The topological polar surface area (TPSA) is 26.0 Å². The maximum atomic E-state index is 5.91. The molecule has 11 heavy (non-hydrogen) atoms. The average molecular weight is 151 g/mol. The summed E-state index contributed by atoms with van der Waals surface area (Å²) in [5.41, 5.74) is 8.74. The van der Waals surface area contributed by atoms with Crippen molar-refractivity contribution in [3.05, 3.63) is 23.3 Å². The van der Waals surface area contributed by atoms with Gasteiger partial charge in [-0.2, -0.15) is 0 Å². The number of hydrogen-bond acceptors (Lipinski definition) is 1. The lowest BCUT2D eigenvalue weighted by Crippen LogP contribution is -2.25. The lowest BCUT2D eigenvalue weighted by molar-refractivity contribution is 0.602. The van der Waals surface area contributed by atoms with Gasteiger partial charge < -0.3 is 5.73 Å². The van der Waals surface area contributed by atoms with Crippen molar-refractivity contribution in [3.8, 4) is 0 Å². The summed E-state index contributed by atoms with van der Waals surface area (Å²) < 4.78 is 0. The van der Waals surface area contributed by atoms with Crippen LogP contribution in [-0.2, 0) is 0 Å². The largest absolute Gasteiger partial charge is 0.324 e. The Morgan fingerprint density at radius 2 is 2.27 bits per heavy atom. The summed E-state index contributed by atoms with van der Waals surface area (Å²) in [5, 5.41) is 0. The Morgan fingerprint density at radius 3 is 2.91 bits per heavy atom. The molecule has 1 aliphatic rings. The molecule has 1 heteroatoms. The monoisotopic (exact) mass is 151 g/mol. The SMILES string of the molecule is C/C=C\C1=C(C)C(N)CCC1. The average Bonchev–Trinajstić information content (AvgIpc) is 1.99. The van der Waals surface area contributed by atoms with Gasteiger partial charge in [0.1, 0.15) is 0 Å². The summed E-state index contributed by atoms with van der Waals surface area (Å²) in [7, 11) is 0. The first kappa shape index (κ1) is 8.54. The van der Waals surface area contributed by atoms with E-state index in [-0.39, 0.29) is 0 Å². The third-order valence-corrected chi connectivity index (χ3v) is 2.39. The molecule has 0 radical (unpaired) electrons. The van der Waals surface area contributed by atoms with E-state index in [4.69, 9.17) is 5.73 Å². The predicted octanol–water partition coefficient (Wildman–Crippen LogP) is 2.39. The summed E-state index contributed by atoms with van der Waals surface area (Å²) >= 11 is 0. The molecule has 0 aromatic heterocycles. The Balaban J connectivity index is 2.79. The Kier molecular flexibility index (Phi) is 2.89. The lowest BCUT2D eigenvalue weighted by atomic mass is 9.89. The molecular formula is C10H17N. The third-order valence-electron chi connectivity index (χ3n) is 2.39. The van der Waals surface area contributed by atoms with Gasteiger partial charge in [-0.3, -0.25) is 0 Å². The van der Waals surface area contributed by atoms with Crippen LogP contribution in [-0.4, -0.2) is 6.04 Å². The van der Waals surface area contributed by atoms with Crippen LogP contribution < -0.4 is 5.73 Å². The van der Waals surface area contributed by atoms with Crippen molar-refractivity contribution in [2.24, 2.45) is 5.73 Å². The first-order chi connectivity index (χ1) is 5.25. The summed E-state index contributed by atoms with van der Waals surface area (Å²) in [4.78, 5) is 0. The molecule has 0 saturated carbocycles. The molecular weight excluding hydrogens is 134 g/mol. The minimum absolute atomic E-state index is 0.315. The first-order valence-corrected chi connectivity index (χ1v) is 4.33. The number of rotatable bonds is 1. The van der Waals surface area contributed by atoms with Crippen molar-refractivity contribution < 1.29 is 0 Å². The van der Waals surface area contributed by atoms with Crippen LogP contribution in [0.15, 0.2) is 23.3 Å². The molecule has 0 aliphatic heterocycles. The van der Waals surface area contributed by atoms with Crippen LogP contribution in [0.4, 0.5) is 0 Å². The Hall–Kier alpha value is -0.560. The molecule has 1 rings (SSSR count). The molecule has 2 N–H and O–H groups in total. The van der Waals surface area contributed by atoms with Crippen LogP contribution >= 0.6 is 0 Å². The Bertz CT molecular complexity index is 189. The number of allylic oxidation sites excluding steroid dienone is 3. The van der Waals surface area contributed by atoms with Gasteiger partial charge in [-0.1, -0.05) is 17.7 Å². The van der Waals surface area contributed by atoms with Crippen molar-refractivity contribution in [1.29, 1.82) is 0 Å². The van der Waals surface area contributed by atoms with Gasteiger partial charge in [-0.15, -0.1) is 0 Å². The summed E-state index contributed by atoms with van der Waals surface area (Å²) in [6.07, 6.45) is 7.90. The van der Waals surface area contributed by atoms with Gasteiger partial charge in [0.15, 0.2) is 0 Å². The van der Waals surface area contributed by atoms with Gasteiger partial charge in [-0.05, 0) is 38.7 Å². The molecule has 1 aliphatic carbocycles. The second kappa shape index (κ2) is 3.72. The van der Waals surface area contributed by atoms with Gasteiger partial charge >= 0.3 is 0 Å². The Labute approximate surface area is 69.0 Å². The minimum Gasteiger partial charge on any atom is -0.324 e. The van der Waals surface area contributed by atoms with Gasteiger partial charge in [0.2, 0.25) is 0 Å². The molecule has 0 aromatic carbocycles. The van der Waals surface area contributed by atoms with Crippen LogP contribution in [0.1, 0.15) is 33.1 Å². The number of hydrogen-bond donors (Lipinski definition) is 1. The van der Waals surface area contributed by atoms with Crippen molar-refractivity contribution in [3.63, 3.8) is 0 Å². The van der Waals surface area contributed by atoms with E-state index < -0.39 is 0 Å². The highest BCUT2D eigenvalue weighted by molar-refractivity contribution is 5.29. The zero-order valence-electron chi connectivity index (χ0n) is 7.43. The lowest BCUT2D eigenvalue weighted by Gasteiger charge is -2.21. The molecule has 0 amide bonds. The van der Waals surface area contributed by atoms with Crippen LogP contribution in [0.3, 0.4) is 0 Å². The van der Waals surface area contributed by atoms with Gasteiger partial charge in [0.25, 0.3) is 0 Å². The maximum Gasteiger partial charge on any atom is 0.0256 e. The molecule has 0 saturated heterocycles. The van der Waals surface area contributed by atoms with Gasteiger partial charge in [-0.25, -0.2) is 0 Å². The minimum atomic E-state index is 0.315.